The Morgan fingerprint density at radius 3 is 2.94 bits per heavy atom. The van der Waals surface area contributed by atoms with E-state index in [0.717, 1.165) is 50.5 Å². The molecule has 1 fully saturated rings. The number of thioether (sulfide) groups is 1. The summed E-state index contributed by atoms with van der Waals surface area (Å²) in [5.41, 5.74) is 0.849. The van der Waals surface area contributed by atoms with Gasteiger partial charge in [-0.1, -0.05) is 6.08 Å². The summed E-state index contributed by atoms with van der Waals surface area (Å²) < 4.78 is 5.38. The number of hydrogen-bond acceptors (Lipinski definition) is 4. The van der Waals surface area contributed by atoms with E-state index in [-0.39, 0.29) is 0 Å². The van der Waals surface area contributed by atoms with Crippen LogP contribution < -0.4 is 5.32 Å². The molecule has 4 heteroatoms. The first-order valence-electron chi connectivity index (χ1n) is 6.05. The lowest BCUT2D eigenvalue weighted by molar-refractivity contribution is 0.0327. The van der Waals surface area contributed by atoms with Gasteiger partial charge in [0.2, 0.25) is 0 Å². The SMILES string of the molecule is OC1(CNCC2=CCCOC2)CCSCC1. The van der Waals surface area contributed by atoms with Crippen LogP contribution in [0.3, 0.4) is 0 Å². The van der Waals surface area contributed by atoms with Crippen LogP contribution in [0.1, 0.15) is 19.3 Å². The number of nitrogens with one attached hydrogen (secondary N) is 1. The highest BCUT2D eigenvalue weighted by molar-refractivity contribution is 7.99. The van der Waals surface area contributed by atoms with Crippen molar-refractivity contribution < 1.29 is 9.84 Å². The molecular weight excluding hydrogens is 222 g/mol. The number of ether oxygens (including phenoxy) is 1. The van der Waals surface area contributed by atoms with Crippen molar-refractivity contribution in [3.8, 4) is 0 Å². The average Bonchev–Trinajstić information content (AvgIpc) is 2.31. The molecule has 0 atom stereocenters. The Morgan fingerprint density at radius 1 is 1.44 bits per heavy atom. The first-order chi connectivity index (χ1) is 7.79. The van der Waals surface area contributed by atoms with Crippen molar-refractivity contribution in [2.24, 2.45) is 0 Å². The van der Waals surface area contributed by atoms with Gasteiger partial charge in [0.05, 0.1) is 18.8 Å². The summed E-state index contributed by atoms with van der Waals surface area (Å²) in [6.07, 6.45) is 5.11. The van der Waals surface area contributed by atoms with Gasteiger partial charge in [0.25, 0.3) is 0 Å². The van der Waals surface area contributed by atoms with Gasteiger partial charge in [-0.2, -0.15) is 11.8 Å². The van der Waals surface area contributed by atoms with Gasteiger partial charge in [-0.05, 0) is 36.3 Å². The molecule has 2 rings (SSSR count). The van der Waals surface area contributed by atoms with Crippen LogP contribution in [0.15, 0.2) is 11.6 Å². The van der Waals surface area contributed by atoms with E-state index < -0.39 is 5.60 Å². The molecule has 0 aromatic heterocycles. The minimum absolute atomic E-state index is 0.471. The van der Waals surface area contributed by atoms with Gasteiger partial charge in [0.1, 0.15) is 0 Å². The standard InChI is InChI=1S/C12H21NO2S/c14-12(3-6-16-7-4-12)10-13-8-11-2-1-5-15-9-11/h2,13-14H,1,3-10H2. The van der Waals surface area contributed by atoms with Gasteiger partial charge < -0.3 is 15.2 Å². The van der Waals surface area contributed by atoms with Crippen LogP contribution in [0.2, 0.25) is 0 Å². The van der Waals surface area contributed by atoms with Crippen LogP contribution in [-0.4, -0.2) is 48.5 Å². The van der Waals surface area contributed by atoms with E-state index >= 15 is 0 Å². The number of aliphatic hydroxyl groups is 1. The monoisotopic (exact) mass is 243 g/mol. The van der Waals surface area contributed by atoms with Crippen molar-refractivity contribution in [1.29, 1.82) is 0 Å². The molecule has 0 aromatic carbocycles. The highest BCUT2D eigenvalue weighted by Crippen LogP contribution is 2.26. The zero-order chi connectivity index (χ0) is 11.3. The lowest BCUT2D eigenvalue weighted by Crippen LogP contribution is -2.44. The topological polar surface area (TPSA) is 41.5 Å². The summed E-state index contributed by atoms with van der Waals surface area (Å²) in [6, 6.07) is 0. The lowest BCUT2D eigenvalue weighted by atomic mass is 9.97. The van der Waals surface area contributed by atoms with Crippen LogP contribution in [0.4, 0.5) is 0 Å². The zero-order valence-corrected chi connectivity index (χ0v) is 10.5. The minimum Gasteiger partial charge on any atom is -0.389 e. The molecule has 92 valence electrons. The smallest absolute Gasteiger partial charge is 0.0787 e. The van der Waals surface area contributed by atoms with Gasteiger partial charge in [-0.25, -0.2) is 0 Å². The van der Waals surface area contributed by atoms with Crippen molar-refractivity contribution >= 4 is 11.8 Å². The number of rotatable bonds is 4. The third-order valence-corrected chi connectivity index (χ3v) is 4.20. The molecule has 0 spiro atoms. The molecule has 16 heavy (non-hydrogen) atoms. The molecule has 0 aromatic rings. The quantitative estimate of drug-likeness (QED) is 0.728. The molecule has 0 aliphatic carbocycles. The third-order valence-electron chi connectivity index (χ3n) is 3.21. The fourth-order valence-electron chi connectivity index (χ4n) is 2.12. The summed E-state index contributed by atoms with van der Waals surface area (Å²) in [5, 5.41) is 13.6. The van der Waals surface area contributed by atoms with Gasteiger partial charge >= 0.3 is 0 Å². The Morgan fingerprint density at radius 2 is 2.25 bits per heavy atom. The van der Waals surface area contributed by atoms with Crippen molar-refractivity contribution in [2.45, 2.75) is 24.9 Å². The Bertz CT molecular complexity index is 249. The van der Waals surface area contributed by atoms with Crippen molar-refractivity contribution in [3.63, 3.8) is 0 Å². The summed E-state index contributed by atoms with van der Waals surface area (Å²) in [4.78, 5) is 0. The second-order valence-corrected chi connectivity index (χ2v) is 5.87. The summed E-state index contributed by atoms with van der Waals surface area (Å²) >= 11 is 1.94. The van der Waals surface area contributed by atoms with Crippen LogP contribution in [0.25, 0.3) is 0 Å². The van der Waals surface area contributed by atoms with Crippen LogP contribution in [0.5, 0.6) is 0 Å². The molecule has 0 unspecified atom stereocenters. The van der Waals surface area contributed by atoms with Gasteiger partial charge in [-0.15, -0.1) is 0 Å². The largest absolute Gasteiger partial charge is 0.389 e. The maximum atomic E-state index is 10.3. The molecule has 3 nitrogen and oxygen atoms in total. The first-order valence-corrected chi connectivity index (χ1v) is 7.20. The summed E-state index contributed by atoms with van der Waals surface area (Å²) in [7, 11) is 0. The molecular formula is C12H21NO2S. The highest BCUT2D eigenvalue weighted by atomic mass is 32.2. The van der Waals surface area contributed by atoms with Crippen molar-refractivity contribution in [1.82, 2.24) is 5.32 Å². The van der Waals surface area contributed by atoms with Crippen molar-refractivity contribution in [2.75, 3.05) is 37.8 Å². The zero-order valence-electron chi connectivity index (χ0n) is 9.71. The molecule has 2 heterocycles. The van der Waals surface area contributed by atoms with Crippen LogP contribution in [-0.2, 0) is 4.74 Å². The predicted octanol–water partition coefficient (Wildman–Crippen LogP) is 1.18. The fraction of sp³-hybridized carbons (Fsp3) is 0.833. The Kier molecular flexibility index (Phi) is 4.70. The minimum atomic E-state index is -0.471. The number of hydrogen-bond donors (Lipinski definition) is 2. The van der Waals surface area contributed by atoms with Gasteiger partial charge in [0.15, 0.2) is 0 Å². The van der Waals surface area contributed by atoms with E-state index in [1.807, 2.05) is 11.8 Å². The Balaban J connectivity index is 1.68. The molecule has 2 aliphatic rings. The summed E-state index contributed by atoms with van der Waals surface area (Å²) in [6.45, 7) is 3.17. The first kappa shape index (κ1) is 12.4. The fourth-order valence-corrected chi connectivity index (χ4v) is 3.37. The maximum Gasteiger partial charge on any atom is 0.0787 e. The molecule has 2 N–H and O–H groups in total. The highest BCUT2D eigenvalue weighted by Gasteiger charge is 2.28. The Labute approximate surface area is 102 Å². The van der Waals surface area contributed by atoms with Gasteiger partial charge in [0, 0.05) is 13.1 Å². The van der Waals surface area contributed by atoms with Crippen LogP contribution in [0, 0.1) is 0 Å². The van der Waals surface area contributed by atoms with Crippen molar-refractivity contribution in [3.05, 3.63) is 11.6 Å². The molecule has 0 radical (unpaired) electrons. The second-order valence-electron chi connectivity index (χ2n) is 4.64. The summed E-state index contributed by atoms with van der Waals surface area (Å²) in [5.74, 6) is 2.17. The normalized spacial score (nSPS) is 25.2. The van der Waals surface area contributed by atoms with E-state index in [4.69, 9.17) is 4.74 Å². The third kappa shape index (κ3) is 3.77. The molecule has 0 amide bonds. The molecule has 0 bridgehead atoms. The molecule has 1 saturated heterocycles. The maximum absolute atomic E-state index is 10.3. The molecule has 0 saturated carbocycles. The predicted molar refractivity (Wildman–Crippen MR) is 67.9 cm³/mol. The van der Waals surface area contributed by atoms with Gasteiger partial charge in [-0.3, -0.25) is 0 Å². The van der Waals surface area contributed by atoms with E-state index in [1.165, 1.54) is 5.57 Å². The second kappa shape index (κ2) is 6.05. The average molecular weight is 243 g/mol. The lowest BCUT2D eigenvalue weighted by Gasteiger charge is -2.32. The van der Waals surface area contributed by atoms with E-state index in [0.29, 0.717) is 6.54 Å². The van der Waals surface area contributed by atoms with E-state index in [1.54, 1.807) is 0 Å². The van der Waals surface area contributed by atoms with Crippen LogP contribution >= 0.6 is 11.8 Å². The van der Waals surface area contributed by atoms with E-state index in [9.17, 15) is 5.11 Å². The Hall–Kier alpha value is -0.0300. The molecule has 2 aliphatic heterocycles. The van der Waals surface area contributed by atoms with E-state index in [2.05, 4.69) is 11.4 Å².